The quantitative estimate of drug-likeness (QED) is 0.779. The zero-order chi connectivity index (χ0) is 14.5. The lowest BCUT2D eigenvalue weighted by Crippen LogP contribution is -2.06. The number of aromatic nitrogens is 2. The van der Waals surface area contributed by atoms with Gasteiger partial charge in [0, 0.05) is 12.4 Å². The minimum absolute atomic E-state index is 0.485. The number of hydrogen-bond acceptors (Lipinski definition) is 3. The van der Waals surface area contributed by atoms with Crippen LogP contribution in [-0.2, 0) is 6.54 Å². The van der Waals surface area contributed by atoms with Crippen molar-refractivity contribution in [3.05, 3.63) is 78.9 Å². The molecule has 3 aromatic rings. The molecule has 2 aromatic carbocycles. The summed E-state index contributed by atoms with van der Waals surface area (Å²) in [7, 11) is 0. The van der Waals surface area contributed by atoms with Crippen LogP contribution in [-0.4, -0.2) is 14.7 Å². The fourth-order valence-corrected chi connectivity index (χ4v) is 2.08. The summed E-state index contributed by atoms with van der Waals surface area (Å²) < 4.78 is 7.57. The minimum atomic E-state index is -0.565. The summed E-state index contributed by atoms with van der Waals surface area (Å²) in [6.07, 6.45) is 4.65. The molecule has 1 aromatic heterocycles. The number of benzene rings is 2. The van der Waals surface area contributed by atoms with Crippen molar-refractivity contribution in [1.82, 2.24) is 9.55 Å². The molecule has 0 fully saturated rings. The highest BCUT2D eigenvalue weighted by molar-refractivity contribution is 5.33. The van der Waals surface area contributed by atoms with Gasteiger partial charge in [0.05, 0.1) is 19.0 Å². The molecule has 1 N–H and O–H groups in total. The van der Waals surface area contributed by atoms with Crippen LogP contribution in [0.4, 0.5) is 0 Å². The van der Waals surface area contributed by atoms with E-state index in [0.29, 0.717) is 6.54 Å². The Morgan fingerprint density at radius 3 is 2.38 bits per heavy atom. The number of aliphatic hydroxyl groups excluding tert-OH is 1. The van der Waals surface area contributed by atoms with Crippen LogP contribution in [0, 0.1) is 0 Å². The van der Waals surface area contributed by atoms with Gasteiger partial charge in [0.25, 0.3) is 0 Å². The molecule has 0 aliphatic carbocycles. The fourth-order valence-electron chi connectivity index (χ4n) is 2.08. The van der Waals surface area contributed by atoms with Crippen molar-refractivity contribution in [1.29, 1.82) is 0 Å². The Bertz CT molecular complexity index is 664. The van der Waals surface area contributed by atoms with E-state index in [1.165, 1.54) is 0 Å². The van der Waals surface area contributed by atoms with E-state index in [9.17, 15) is 5.11 Å². The Kier molecular flexibility index (Phi) is 3.98. The van der Waals surface area contributed by atoms with Crippen LogP contribution in [0.5, 0.6) is 11.5 Å². The number of ether oxygens (including phenoxy) is 1. The van der Waals surface area contributed by atoms with Gasteiger partial charge in [-0.15, -0.1) is 0 Å². The molecule has 0 aliphatic heterocycles. The van der Waals surface area contributed by atoms with Crippen molar-refractivity contribution in [2.45, 2.75) is 12.6 Å². The monoisotopic (exact) mass is 280 g/mol. The Labute approximate surface area is 123 Å². The Morgan fingerprint density at radius 2 is 1.71 bits per heavy atom. The second-order valence-corrected chi connectivity index (χ2v) is 4.76. The van der Waals surface area contributed by atoms with E-state index >= 15 is 0 Å². The summed E-state index contributed by atoms with van der Waals surface area (Å²) in [4.78, 5) is 3.96. The van der Waals surface area contributed by atoms with E-state index in [2.05, 4.69) is 4.98 Å². The summed E-state index contributed by atoms with van der Waals surface area (Å²) >= 11 is 0. The lowest BCUT2D eigenvalue weighted by molar-refractivity contribution is 0.156. The summed E-state index contributed by atoms with van der Waals surface area (Å²) in [6.45, 7) is 0.485. The first-order valence-corrected chi connectivity index (χ1v) is 6.78. The van der Waals surface area contributed by atoms with E-state index < -0.39 is 6.10 Å². The van der Waals surface area contributed by atoms with E-state index in [4.69, 9.17) is 4.74 Å². The molecule has 1 atom stereocenters. The molecule has 0 bridgehead atoms. The highest BCUT2D eigenvalue weighted by atomic mass is 16.5. The molecule has 4 heteroatoms. The molecule has 1 unspecified atom stereocenters. The Morgan fingerprint density at radius 1 is 1.00 bits per heavy atom. The molecule has 0 radical (unpaired) electrons. The molecule has 0 saturated heterocycles. The van der Waals surface area contributed by atoms with Crippen molar-refractivity contribution in [2.24, 2.45) is 0 Å². The van der Waals surface area contributed by atoms with Crippen LogP contribution in [0.2, 0.25) is 0 Å². The number of rotatable bonds is 5. The van der Waals surface area contributed by atoms with Gasteiger partial charge in [0.2, 0.25) is 0 Å². The van der Waals surface area contributed by atoms with Gasteiger partial charge in [-0.2, -0.15) is 0 Å². The minimum Gasteiger partial charge on any atom is -0.457 e. The third kappa shape index (κ3) is 3.49. The lowest BCUT2D eigenvalue weighted by Gasteiger charge is -2.12. The van der Waals surface area contributed by atoms with Crippen molar-refractivity contribution < 1.29 is 9.84 Å². The van der Waals surface area contributed by atoms with Crippen molar-refractivity contribution in [2.75, 3.05) is 0 Å². The number of aliphatic hydroxyl groups is 1. The summed E-state index contributed by atoms with van der Waals surface area (Å²) in [6, 6.07) is 17.1. The highest BCUT2D eigenvalue weighted by Gasteiger charge is 2.08. The molecule has 0 amide bonds. The maximum Gasteiger partial charge on any atom is 0.127 e. The standard InChI is InChI=1S/C17H16N2O2/c20-17(12-19-11-10-18-13-19)14-6-8-16(9-7-14)21-15-4-2-1-3-5-15/h1-11,13,17,20H,12H2. The number of hydrogen-bond donors (Lipinski definition) is 1. The van der Waals surface area contributed by atoms with Crippen LogP contribution in [0.1, 0.15) is 11.7 Å². The maximum atomic E-state index is 10.2. The first-order valence-electron chi connectivity index (χ1n) is 6.78. The first-order chi connectivity index (χ1) is 10.3. The highest BCUT2D eigenvalue weighted by Crippen LogP contribution is 2.23. The largest absolute Gasteiger partial charge is 0.457 e. The van der Waals surface area contributed by atoms with Crippen LogP contribution in [0.15, 0.2) is 73.3 Å². The van der Waals surface area contributed by atoms with Crippen LogP contribution in [0.25, 0.3) is 0 Å². The molecule has 0 aliphatic rings. The van der Waals surface area contributed by atoms with Gasteiger partial charge in [0.15, 0.2) is 0 Å². The average Bonchev–Trinajstić information content (AvgIpc) is 3.02. The van der Waals surface area contributed by atoms with Crippen LogP contribution in [0.3, 0.4) is 0 Å². The van der Waals surface area contributed by atoms with Crippen LogP contribution < -0.4 is 4.74 Å². The van der Waals surface area contributed by atoms with Gasteiger partial charge in [-0.05, 0) is 29.8 Å². The number of nitrogens with zero attached hydrogens (tertiary/aromatic N) is 2. The molecule has 1 heterocycles. The summed E-state index contributed by atoms with van der Waals surface area (Å²) in [5, 5.41) is 10.2. The molecule has 0 saturated carbocycles. The first kappa shape index (κ1) is 13.4. The second kappa shape index (κ2) is 6.24. The maximum absolute atomic E-state index is 10.2. The molecule has 3 rings (SSSR count). The zero-order valence-corrected chi connectivity index (χ0v) is 11.5. The zero-order valence-electron chi connectivity index (χ0n) is 11.5. The van der Waals surface area contributed by atoms with Gasteiger partial charge in [-0.25, -0.2) is 4.98 Å². The normalized spacial score (nSPS) is 12.0. The molecule has 0 spiro atoms. The molecular formula is C17H16N2O2. The van der Waals surface area contributed by atoms with Gasteiger partial charge >= 0.3 is 0 Å². The van der Waals surface area contributed by atoms with E-state index in [1.807, 2.05) is 65.4 Å². The second-order valence-electron chi connectivity index (χ2n) is 4.76. The topological polar surface area (TPSA) is 47.3 Å². The molecular weight excluding hydrogens is 264 g/mol. The van der Waals surface area contributed by atoms with E-state index in [-0.39, 0.29) is 0 Å². The predicted molar refractivity (Wildman–Crippen MR) is 80.1 cm³/mol. The fraction of sp³-hybridized carbons (Fsp3) is 0.118. The average molecular weight is 280 g/mol. The van der Waals surface area contributed by atoms with Gasteiger partial charge in [0.1, 0.15) is 11.5 Å². The number of imidazole rings is 1. The Balaban J connectivity index is 1.66. The SMILES string of the molecule is OC(Cn1ccnc1)c1ccc(Oc2ccccc2)cc1. The van der Waals surface area contributed by atoms with Crippen molar-refractivity contribution in [3.8, 4) is 11.5 Å². The summed E-state index contributed by atoms with van der Waals surface area (Å²) in [5.41, 5.74) is 0.851. The molecule has 21 heavy (non-hydrogen) atoms. The van der Waals surface area contributed by atoms with E-state index in [1.54, 1.807) is 12.5 Å². The van der Waals surface area contributed by atoms with E-state index in [0.717, 1.165) is 17.1 Å². The van der Waals surface area contributed by atoms with Gasteiger partial charge < -0.3 is 14.4 Å². The van der Waals surface area contributed by atoms with Crippen molar-refractivity contribution >= 4 is 0 Å². The van der Waals surface area contributed by atoms with Crippen LogP contribution >= 0.6 is 0 Å². The lowest BCUT2D eigenvalue weighted by atomic mass is 10.1. The smallest absolute Gasteiger partial charge is 0.127 e. The van der Waals surface area contributed by atoms with Crippen molar-refractivity contribution in [3.63, 3.8) is 0 Å². The molecule has 4 nitrogen and oxygen atoms in total. The van der Waals surface area contributed by atoms with Gasteiger partial charge in [-0.3, -0.25) is 0 Å². The third-order valence-electron chi connectivity index (χ3n) is 3.19. The summed E-state index contributed by atoms with van der Waals surface area (Å²) in [5.74, 6) is 1.55. The number of para-hydroxylation sites is 1. The van der Waals surface area contributed by atoms with Gasteiger partial charge in [-0.1, -0.05) is 30.3 Å². The Hall–Kier alpha value is -2.59. The molecule has 106 valence electrons. The predicted octanol–water partition coefficient (Wildman–Crippen LogP) is 3.41. The third-order valence-corrected chi connectivity index (χ3v) is 3.19.